The molecule has 11 heavy (non-hydrogen) atoms. The fourth-order valence-electron chi connectivity index (χ4n) is 0.897. The van der Waals surface area contributed by atoms with E-state index in [4.69, 9.17) is 4.74 Å². The average molecular weight is 152 g/mol. The molecular formula is C9H12O2. The van der Waals surface area contributed by atoms with Crippen molar-refractivity contribution < 1.29 is 9.53 Å². The zero-order chi connectivity index (χ0) is 8.10. The van der Waals surface area contributed by atoms with Crippen molar-refractivity contribution in [1.29, 1.82) is 0 Å². The van der Waals surface area contributed by atoms with Crippen LogP contribution < -0.4 is 0 Å². The first kappa shape index (κ1) is 8.05. The molecule has 0 fully saturated rings. The van der Waals surface area contributed by atoms with Crippen LogP contribution in [0.5, 0.6) is 0 Å². The minimum absolute atomic E-state index is 0.143. The van der Waals surface area contributed by atoms with E-state index in [0.29, 0.717) is 13.0 Å². The monoisotopic (exact) mass is 152 g/mol. The second-order valence-corrected chi connectivity index (χ2v) is 2.55. The van der Waals surface area contributed by atoms with Gasteiger partial charge in [0.1, 0.15) is 6.61 Å². The number of ether oxygens (including phenoxy) is 1. The molecule has 0 spiro atoms. The van der Waals surface area contributed by atoms with Crippen molar-refractivity contribution in [2.75, 3.05) is 6.61 Å². The Morgan fingerprint density at radius 2 is 2.55 bits per heavy atom. The van der Waals surface area contributed by atoms with E-state index >= 15 is 0 Å². The van der Waals surface area contributed by atoms with Crippen molar-refractivity contribution in [1.82, 2.24) is 0 Å². The van der Waals surface area contributed by atoms with E-state index in [0.717, 1.165) is 12.8 Å². The third-order valence-corrected chi connectivity index (χ3v) is 1.63. The summed E-state index contributed by atoms with van der Waals surface area (Å²) >= 11 is 0. The SMILES string of the molecule is C=CCOC(=O)CC1=CCC1. The molecule has 0 aliphatic heterocycles. The Bertz CT molecular complexity index is 192. The number of carbonyl (C=O) groups is 1. The molecule has 0 N–H and O–H groups in total. The number of rotatable bonds is 4. The van der Waals surface area contributed by atoms with E-state index in [-0.39, 0.29) is 5.97 Å². The Morgan fingerprint density at radius 1 is 1.82 bits per heavy atom. The minimum atomic E-state index is -0.143. The van der Waals surface area contributed by atoms with Gasteiger partial charge < -0.3 is 4.74 Å². The van der Waals surface area contributed by atoms with Crippen LogP contribution >= 0.6 is 0 Å². The maximum atomic E-state index is 10.9. The Morgan fingerprint density at radius 3 is 3.00 bits per heavy atom. The van der Waals surface area contributed by atoms with Gasteiger partial charge in [0.05, 0.1) is 6.42 Å². The molecule has 2 nitrogen and oxygen atoms in total. The predicted molar refractivity (Wildman–Crippen MR) is 43.1 cm³/mol. The molecule has 2 heteroatoms. The van der Waals surface area contributed by atoms with Gasteiger partial charge >= 0.3 is 5.97 Å². The average Bonchev–Trinajstić information content (AvgIpc) is 1.93. The normalized spacial score (nSPS) is 14.7. The number of hydrogen-bond acceptors (Lipinski definition) is 2. The third-order valence-electron chi connectivity index (χ3n) is 1.63. The first-order chi connectivity index (χ1) is 5.33. The summed E-state index contributed by atoms with van der Waals surface area (Å²) in [5, 5.41) is 0. The highest BCUT2D eigenvalue weighted by atomic mass is 16.5. The molecule has 0 aromatic rings. The highest BCUT2D eigenvalue weighted by Gasteiger charge is 2.10. The van der Waals surface area contributed by atoms with Gasteiger partial charge in [-0.1, -0.05) is 24.3 Å². The first-order valence-electron chi connectivity index (χ1n) is 3.77. The van der Waals surface area contributed by atoms with Gasteiger partial charge in [0, 0.05) is 0 Å². The fraction of sp³-hybridized carbons (Fsp3) is 0.444. The number of carbonyl (C=O) groups excluding carboxylic acids is 1. The largest absolute Gasteiger partial charge is 0.461 e. The van der Waals surface area contributed by atoms with Gasteiger partial charge in [-0.15, -0.1) is 0 Å². The molecule has 0 atom stereocenters. The Hall–Kier alpha value is -1.05. The second kappa shape index (κ2) is 3.96. The molecule has 0 radical (unpaired) electrons. The lowest BCUT2D eigenvalue weighted by Crippen LogP contribution is -2.08. The summed E-state index contributed by atoms with van der Waals surface area (Å²) in [6, 6.07) is 0. The van der Waals surface area contributed by atoms with Crippen LogP contribution in [0.1, 0.15) is 19.3 Å². The maximum absolute atomic E-state index is 10.9. The van der Waals surface area contributed by atoms with E-state index in [9.17, 15) is 4.79 Å². The van der Waals surface area contributed by atoms with Gasteiger partial charge in [0.25, 0.3) is 0 Å². The summed E-state index contributed by atoms with van der Waals surface area (Å²) in [6.45, 7) is 3.78. The highest BCUT2D eigenvalue weighted by molar-refractivity contribution is 5.72. The fourth-order valence-corrected chi connectivity index (χ4v) is 0.897. The summed E-state index contributed by atoms with van der Waals surface area (Å²) in [6.07, 6.45) is 6.29. The van der Waals surface area contributed by atoms with E-state index in [2.05, 4.69) is 12.7 Å². The molecule has 0 saturated heterocycles. The lowest BCUT2D eigenvalue weighted by Gasteiger charge is -2.12. The van der Waals surface area contributed by atoms with Gasteiger partial charge in [-0.25, -0.2) is 0 Å². The minimum Gasteiger partial charge on any atom is -0.461 e. The Kier molecular flexibility index (Phi) is 2.90. The van der Waals surface area contributed by atoms with Gasteiger partial charge in [0.2, 0.25) is 0 Å². The molecule has 0 aromatic carbocycles. The Balaban J connectivity index is 2.15. The zero-order valence-corrected chi connectivity index (χ0v) is 6.51. The first-order valence-corrected chi connectivity index (χ1v) is 3.77. The lowest BCUT2D eigenvalue weighted by atomic mass is 9.96. The molecule has 1 aliphatic carbocycles. The van der Waals surface area contributed by atoms with E-state index in [1.807, 2.05) is 0 Å². The molecule has 1 rings (SSSR count). The van der Waals surface area contributed by atoms with Gasteiger partial charge in [0.15, 0.2) is 0 Å². The van der Waals surface area contributed by atoms with Gasteiger partial charge in [-0.3, -0.25) is 4.79 Å². The van der Waals surface area contributed by atoms with Crippen molar-refractivity contribution in [3.8, 4) is 0 Å². The summed E-state index contributed by atoms with van der Waals surface area (Å²) in [4.78, 5) is 10.9. The topological polar surface area (TPSA) is 26.3 Å². The summed E-state index contributed by atoms with van der Waals surface area (Å²) in [5.74, 6) is -0.143. The van der Waals surface area contributed by atoms with Crippen molar-refractivity contribution >= 4 is 5.97 Å². The third kappa shape index (κ3) is 2.58. The molecular weight excluding hydrogens is 140 g/mol. The second-order valence-electron chi connectivity index (χ2n) is 2.55. The quantitative estimate of drug-likeness (QED) is 0.453. The summed E-state index contributed by atoms with van der Waals surface area (Å²) in [7, 11) is 0. The van der Waals surface area contributed by atoms with Crippen LogP contribution in [0.2, 0.25) is 0 Å². The molecule has 1 aliphatic rings. The van der Waals surface area contributed by atoms with E-state index in [1.54, 1.807) is 6.08 Å². The van der Waals surface area contributed by atoms with Crippen LogP contribution in [0.4, 0.5) is 0 Å². The molecule has 0 heterocycles. The maximum Gasteiger partial charge on any atom is 0.310 e. The number of allylic oxidation sites excluding steroid dienone is 1. The summed E-state index contributed by atoms with van der Waals surface area (Å²) in [5.41, 5.74) is 1.21. The molecule has 0 bridgehead atoms. The van der Waals surface area contributed by atoms with Crippen molar-refractivity contribution in [3.63, 3.8) is 0 Å². The van der Waals surface area contributed by atoms with E-state index < -0.39 is 0 Å². The number of esters is 1. The zero-order valence-electron chi connectivity index (χ0n) is 6.51. The standard InChI is InChI=1S/C9H12O2/c1-2-6-11-9(10)7-8-4-3-5-8/h2,4H,1,3,5-7H2. The molecule has 0 aromatic heterocycles. The van der Waals surface area contributed by atoms with Crippen LogP contribution in [-0.2, 0) is 9.53 Å². The number of hydrogen-bond donors (Lipinski definition) is 0. The highest BCUT2D eigenvalue weighted by Crippen LogP contribution is 2.21. The summed E-state index contributed by atoms with van der Waals surface area (Å²) < 4.78 is 4.80. The van der Waals surface area contributed by atoms with Gasteiger partial charge in [-0.2, -0.15) is 0 Å². The van der Waals surface area contributed by atoms with Crippen LogP contribution in [0.25, 0.3) is 0 Å². The van der Waals surface area contributed by atoms with Crippen LogP contribution in [0, 0.1) is 0 Å². The smallest absolute Gasteiger partial charge is 0.310 e. The Labute approximate surface area is 66.5 Å². The van der Waals surface area contributed by atoms with Crippen molar-refractivity contribution in [2.24, 2.45) is 0 Å². The van der Waals surface area contributed by atoms with Crippen LogP contribution in [0.3, 0.4) is 0 Å². The van der Waals surface area contributed by atoms with Crippen LogP contribution in [0.15, 0.2) is 24.3 Å². The molecule has 0 amide bonds. The van der Waals surface area contributed by atoms with Crippen molar-refractivity contribution in [3.05, 3.63) is 24.3 Å². The molecule has 0 unspecified atom stereocenters. The molecule has 0 saturated carbocycles. The van der Waals surface area contributed by atoms with Crippen LogP contribution in [-0.4, -0.2) is 12.6 Å². The van der Waals surface area contributed by atoms with Gasteiger partial charge in [-0.05, 0) is 12.8 Å². The lowest BCUT2D eigenvalue weighted by molar-refractivity contribution is -0.141. The van der Waals surface area contributed by atoms with E-state index in [1.165, 1.54) is 5.57 Å². The molecule has 60 valence electrons. The van der Waals surface area contributed by atoms with Crippen molar-refractivity contribution in [2.45, 2.75) is 19.3 Å². The predicted octanol–water partition coefficient (Wildman–Crippen LogP) is 1.83.